The van der Waals surface area contributed by atoms with Crippen LogP contribution in [0.2, 0.25) is 0 Å². The fourth-order valence-corrected chi connectivity index (χ4v) is 3.83. The fraction of sp³-hybridized carbons (Fsp3) is 0.381. The molecule has 1 amide bonds. The zero-order chi connectivity index (χ0) is 19.5. The zero-order valence-corrected chi connectivity index (χ0v) is 15.9. The number of hydrogen-bond donors (Lipinski definition) is 1. The van der Waals surface area contributed by atoms with Gasteiger partial charge in [-0.3, -0.25) is 4.79 Å². The smallest absolute Gasteiger partial charge is 0.224 e. The van der Waals surface area contributed by atoms with Gasteiger partial charge in [-0.15, -0.1) is 0 Å². The van der Waals surface area contributed by atoms with E-state index < -0.39 is 0 Å². The molecule has 0 bridgehead atoms. The number of fused-ring (bicyclic) bond motifs is 1. The number of carbonyl (C=O) groups is 1. The first kappa shape index (κ1) is 18.6. The molecule has 1 aromatic carbocycles. The summed E-state index contributed by atoms with van der Waals surface area (Å²) >= 11 is 0. The maximum absolute atomic E-state index is 13.7. The number of nitrogens with one attached hydrogen (secondary N) is 1. The number of likely N-dealkylation sites (tertiary alicyclic amines) is 1. The molecular weight excluding hydrogens is 357 g/mol. The summed E-state index contributed by atoms with van der Waals surface area (Å²) in [5, 5.41) is 8.76. The fourth-order valence-electron chi connectivity index (χ4n) is 3.83. The van der Waals surface area contributed by atoms with Crippen molar-refractivity contribution in [2.45, 2.75) is 25.3 Å². The van der Waals surface area contributed by atoms with Crippen molar-refractivity contribution in [2.75, 3.05) is 26.7 Å². The second kappa shape index (κ2) is 8.06. The number of pyridine rings is 1. The molecule has 0 aliphatic carbocycles. The number of carbonyl (C=O) groups excluding carboxylic acids is 1. The molecule has 6 nitrogen and oxygen atoms in total. The Morgan fingerprint density at radius 2 is 2.14 bits per heavy atom. The van der Waals surface area contributed by atoms with Gasteiger partial charge in [0.1, 0.15) is 5.82 Å². The summed E-state index contributed by atoms with van der Waals surface area (Å²) in [5.41, 5.74) is 2.33. The van der Waals surface area contributed by atoms with Gasteiger partial charge in [0.2, 0.25) is 5.91 Å². The second-order valence-corrected chi connectivity index (χ2v) is 7.35. The van der Waals surface area contributed by atoms with Gasteiger partial charge >= 0.3 is 0 Å². The highest BCUT2D eigenvalue weighted by atomic mass is 19.1. The third-order valence-corrected chi connectivity index (χ3v) is 5.27. The summed E-state index contributed by atoms with van der Waals surface area (Å²) in [6.07, 6.45) is 2.89. The van der Waals surface area contributed by atoms with E-state index in [0.717, 1.165) is 36.2 Å². The average molecular weight is 381 g/mol. The standard InChI is InChI=1S/C21H24FN5O/c1-26-11-8-16(14-26)20-17-6-4-9-24-21(17)27(25-20)12-10-23-19(28)13-15-5-2-3-7-18(15)22/h2-7,9,16H,8,10-14H2,1H3,(H,23,28). The van der Waals surface area contributed by atoms with Gasteiger partial charge in [0.15, 0.2) is 5.65 Å². The Labute approximate surface area is 163 Å². The Morgan fingerprint density at radius 3 is 2.93 bits per heavy atom. The van der Waals surface area contributed by atoms with Crippen molar-refractivity contribution >= 4 is 16.9 Å². The van der Waals surface area contributed by atoms with Crippen LogP contribution < -0.4 is 5.32 Å². The van der Waals surface area contributed by atoms with Gasteiger partial charge in [-0.25, -0.2) is 14.1 Å². The lowest BCUT2D eigenvalue weighted by Crippen LogP contribution is -2.29. The SMILES string of the molecule is CN1CCC(c2nn(CCNC(=O)Cc3ccccc3F)c3ncccc23)C1. The van der Waals surface area contributed by atoms with Gasteiger partial charge in [0, 0.05) is 30.6 Å². The van der Waals surface area contributed by atoms with E-state index >= 15 is 0 Å². The Balaban J connectivity index is 1.42. The zero-order valence-electron chi connectivity index (χ0n) is 15.9. The second-order valence-electron chi connectivity index (χ2n) is 7.35. The van der Waals surface area contributed by atoms with Crippen LogP contribution in [0.1, 0.15) is 23.6 Å². The van der Waals surface area contributed by atoms with Crippen molar-refractivity contribution in [3.05, 3.63) is 59.7 Å². The number of amides is 1. The van der Waals surface area contributed by atoms with Crippen molar-refractivity contribution in [3.8, 4) is 0 Å². The summed E-state index contributed by atoms with van der Waals surface area (Å²) in [5.74, 6) is -0.146. The molecule has 0 saturated carbocycles. The molecule has 4 rings (SSSR count). The molecule has 146 valence electrons. The summed E-state index contributed by atoms with van der Waals surface area (Å²) in [7, 11) is 2.13. The maximum atomic E-state index is 13.7. The Morgan fingerprint density at radius 1 is 1.29 bits per heavy atom. The van der Waals surface area contributed by atoms with E-state index in [4.69, 9.17) is 5.10 Å². The van der Waals surface area contributed by atoms with Gasteiger partial charge in [-0.05, 0) is 43.8 Å². The quantitative estimate of drug-likeness (QED) is 0.712. The van der Waals surface area contributed by atoms with E-state index in [-0.39, 0.29) is 18.1 Å². The molecule has 1 aliphatic rings. The minimum atomic E-state index is -0.355. The number of rotatable bonds is 6. The van der Waals surface area contributed by atoms with Crippen LogP contribution in [0.15, 0.2) is 42.6 Å². The summed E-state index contributed by atoms with van der Waals surface area (Å²) in [6.45, 7) is 3.02. The first-order valence-corrected chi connectivity index (χ1v) is 9.62. The lowest BCUT2D eigenvalue weighted by atomic mass is 10.0. The number of halogens is 1. The topological polar surface area (TPSA) is 63.1 Å². The first-order chi connectivity index (χ1) is 13.6. The lowest BCUT2D eigenvalue weighted by molar-refractivity contribution is -0.120. The highest BCUT2D eigenvalue weighted by Gasteiger charge is 2.26. The van der Waals surface area contributed by atoms with Gasteiger partial charge in [-0.2, -0.15) is 5.10 Å². The monoisotopic (exact) mass is 381 g/mol. The maximum Gasteiger partial charge on any atom is 0.224 e. The first-order valence-electron chi connectivity index (χ1n) is 9.62. The molecule has 2 aromatic heterocycles. The molecule has 1 unspecified atom stereocenters. The van der Waals surface area contributed by atoms with E-state index in [0.29, 0.717) is 24.6 Å². The van der Waals surface area contributed by atoms with E-state index in [9.17, 15) is 9.18 Å². The van der Waals surface area contributed by atoms with Gasteiger partial charge in [-0.1, -0.05) is 18.2 Å². The Kier molecular flexibility index (Phi) is 5.34. The van der Waals surface area contributed by atoms with Crippen molar-refractivity contribution < 1.29 is 9.18 Å². The van der Waals surface area contributed by atoms with Gasteiger partial charge < -0.3 is 10.2 Å². The molecule has 1 saturated heterocycles. The van der Waals surface area contributed by atoms with Crippen LogP contribution in [-0.4, -0.2) is 52.3 Å². The van der Waals surface area contributed by atoms with Gasteiger partial charge in [0.25, 0.3) is 0 Å². The summed E-state index contributed by atoms with van der Waals surface area (Å²) in [4.78, 5) is 18.9. The largest absolute Gasteiger partial charge is 0.354 e. The van der Waals surface area contributed by atoms with Crippen LogP contribution in [0.25, 0.3) is 11.0 Å². The summed E-state index contributed by atoms with van der Waals surface area (Å²) < 4.78 is 15.6. The molecule has 0 spiro atoms. The van der Waals surface area contributed by atoms with E-state index in [1.165, 1.54) is 6.07 Å². The van der Waals surface area contributed by atoms with Crippen LogP contribution in [0, 0.1) is 5.82 Å². The molecule has 1 fully saturated rings. The molecule has 3 aromatic rings. The van der Waals surface area contributed by atoms with Crippen LogP contribution in [-0.2, 0) is 17.8 Å². The molecule has 1 N–H and O–H groups in total. The highest BCUT2D eigenvalue weighted by Crippen LogP contribution is 2.30. The molecule has 28 heavy (non-hydrogen) atoms. The normalized spacial score (nSPS) is 17.3. The van der Waals surface area contributed by atoms with Crippen molar-refractivity contribution in [1.82, 2.24) is 25.0 Å². The van der Waals surface area contributed by atoms with Gasteiger partial charge in [0.05, 0.1) is 18.7 Å². The minimum Gasteiger partial charge on any atom is -0.354 e. The van der Waals surface area contributed by atoms with Crippen LogP contribution in [0.3, 0.4) is 0 Å². The van der Waals surface area contributed by atoms with Crippen LogP contribution >= 0.6 is 0 Å². The molecule has 0 radical (unpaired) electrons. The lowest BCUT2D eigenvalue weighted by Gasteiger charge is -2.08. The van der Waals surface area contributed by atoms with E-state index in [2.05, 4.69) is 28.3 Å². The number of likely N-dealkylation sites (N-methyl/N-ethyl adjacent to an activating group) is 1. The third kappa shape index (κ3) is 3.89. The predicted octanol–water partition coefficient (Wildman–Crippen LogP) is 2.35. The van der Waals surface area contributed by atoms with Crippen molar-refractivity contribution in [1.29, 1.82) is 0 Å². The molecule has 1 aliphatic heterocycles. The van der Waals surface area contributed by atoms with Crippen molar-refractivity contribution in [2.24, 2.45) is 0 Å². The Bertz CT molecular complexity index is 986. The number of hydrogen-bond acceptors (Lipinski definition) is 4. The summed E-state index contributed by atoms with van der Waals surface area (Å²) in [6, 6.07) is 10.3. The highest BCUT2D eigenvalue weighted by molar-refractivity contribution is 5.79. The van der Waals surface area contributed by atoms with Crippen LogP contribution in [0.4, 0.5) is 4.39 Å². The number of benzene rings is 1. The van der Waals surface area contributed by atoms with Crippen molar-refractivity contribution in [3.63, 3.8) is 0 Å². The molecule has 3 heterocycles. The predicted molar refractivity (Wildman–Crippen MR) is 105 cm³/mol. The molecule has 7 heteroatoms. The average Bonchev–Trinajstić information content (AvgIpc) is 3.28. The molecular formula is C21H24FN5O. The minimum absolute atomic E-state index is 0.0322. The third-order valence-electron chi connectivity index (χ3n) is 5.27. The number of nitrogens with zero attached hydrogens (tertiary/aromatic N) is 4. The van der Waals surface area contributed by atoms with Crippen LogP contribution in [0.5, 0.6) is 0 Å². The molecule has 1 atom stereocenters. The Hall–Kier alpha value is -2.80. The number of aromatic nitrogens is 3. The van der Waals surface area contributed by atoms with E-state index in [1.54, 1.807) is 24.4 Å². The van der Waals surface area contributed by atoms with E-state index in [1.807, 2.05) is 10.7 Å².